The average Bonchev–Trinajstić information content (AvgIpc) is 3.44. The number of carbonyl (C=O) groups excluding carboxylic acids is 1. The van der Waals surface area contributed by atoms with Gasteiger partial charge in [-0.3, -0.25) is 0 Å². The number of amides is 2. The van der Waals surface area contributed by atoms with Crippen LogP contribution in [0.5, 0.6) is 0 Å². The van der Waals surface area contributed by atoms with E-state index in [1.54, 1.807) is 12.5 Å². The van der Waals surface area contributed by atoms with E-state index >= 15 is 0 Å². The van der Waals surface area contributed by atoms with Crippen molar-refractivity contribution in [3.8, 4) is 11.1 Å². The third kappa shape index (κ3) is 4.73. The Morgan fingerprint density at radius 2 is 1.78 bits per heavy atom. The number of benzene rings is 3. The zero-order valence-corrected chi connectivity index (χ0v) is 21.0. The molecule has 1 aliphatic heterocycles. The van der Waals surface area contributed by atoms with Crippen LogP contribution in [0.15, 0.2) is 91.5 Å². The fourth-order valence-corrected chi connectivity index (χ4v) is 5.41. The lowest BCUT2D eigenvalue weighted by atomic mass is 9.80. The van der Waals surface area contributed by atoms with Crippen LogP contribution in [0.3, 0.4) is 0 Å². The molecule has 5 rings (SSSR count). The second kappa shape index (κ2) is 10.2. The van der Waals surface area contributed by atoms with Gasteiger partial charge >= 0.3 is 6.03 Å². The van der Waals surface area contributed by atoms with E-state index in [0.717, 1.165) is 36.6 Å². The van der Waals surface area contributed by atoms with Crippen molar-refractivity contribution in [2.24, 2.45) is 0 Å². The number of aromatic nitrogens is 2. The quantitative estimate of drug-likeness (QED) is 0.286. The SMILES string of the molecule is CC(c1ccc(-c2ccc(F)cc2F)cc1)N1CCC(CCn2ccnc2)(c2ccccc2)N(C)C1=O. The summed E-state index contributed by atoms with van der Waals surface area (Å²) in [5.41, 5.74) is 2.67. The maximum absolute atomic E-state index is 14.2. The summed E-state index contributed by atoms with van der Waals surface area (Å²) in [6.45, 7) is 3.38. The Bertz CT molecular complexity index is 1360. The van der Waals surface area contributed by atoms with E-state index in [1.165, 1.54) is 12.1 Å². The van der Waals surface area contributed by atoms with E-state index in [-0.39, 0.29) is 12.1 Å². The van der Waals surface area contributed by atoms with Crippen LogP contribution in [-0.2, 0) is 12.1 Å². The highest BCUT2D eigenvalue weighted by Gasteiger charge is 2.45. The summed E-state index contributed by atoms with van der Waals surface area (Å²) in [6, 6.07) is 21.1. The number of hydrogen-bond acceptors (Lipinski definition) is 2. The van der Waals surface area contributed by atoms with Gasteiger partial charge in [0.15, 0.2) is 0 Å². The van der Waals surface area contributed by atoms with Crippen LogP contribution in [0.4, 0.5) is 13.6 Å². The molecule has 2 heterocycles. The van der Waals surface area contributed by atoms with Gasteiger partial charge in [0, 0.05) is 44.2 Å². The van der Waals surface area contributed by atoms with Crippen molar-refractivity contribution >= 4 is 6.03 Å². The maximum Gasteiger partial charge on any atom is 0.320 e. The van der Waals surface area contributed by atoms with Gasteiger partial charge < -0.3 is 14.4 Å². The number of carbonyl (C=O) groups is 1. The number of hydrogen-bond donors (Lipinski definition) is 0. The lowest BCUT2D eigenvalue weighted by Crippen LogP contribution is -2.59. The molecule has 0 N–H and O–H groups in total. The van der Waals surface area contributed by atoms with Crippen LogP contribution >= 0.6 is 0 Å². The summed E-state index contributed by atoms with van der Waals surface area (Å²) in [7, 11) is 1.89. The Labute approximate surface area is 216 Å². The smallest absolute Gasteiger partial charge is 0.320 e. The van der Waals surface area contributed by atoms with E-state index < -0.39 is 17.2 Å². The first kappa shape index (κ1) is 24.7. The maximum atomic E-state index is 14.2. The minimum atomic E-state index is -0.601. The average molecular weight is 501 g/mol. The molecule has 1 aromatic heterocycles. The Kier molecular flexibility index (Phi) is 6.78. The van der Waals surface area contributed by atoms with Crippen LogP contribution < -0.4 is 0 Å². The molecule has 0 spiro atoms. The lowest BCUT2D eigenvalue weighted by Gasteiger charge is -2.50. The molecule has 190 valence electrons. The minimum Gasteiger partial charge on any atom is -0.337 e. The summed E-state index contributed by atoms with van der Waals surface area (Å²) in [5.74, 6) is -1.20. The first-order valence-electron chi connectivity index (χ1n) is 12.5. The third-order valence-electron chi connectivity index (χ3n) is 7.70. The van der Waals surface area contributed by atoms with Gasteiger partial charge in [0.1, 0.15) is 11.6 Å². The first-order valence-corrected chi connectivity index (χ1v) is 12.5. The van der Waals surface area contributed by atoms with Gasteiger partial charge in [-0.2, -0.15) is 0 Å². The Hall–Kier alpha value is -4.00. The first-order chi connectivity index (χ1) is 17.9. The zero-order valence-electron chi connectivity index (χ0n) is 21.0. The predicted octanol–water partition coefficient (Wildman–Crippen LogP) is 6.63. The Morgan fingerprint density at radius 1 is 1.03 bits per heavy atom. The second-order valence-electron chi connectivity index (χ2n) is 9.66. The van der Waals surface area contributed by atoms with Crippen molar-refractivity contribution in [3.05, 3.63) is 114 Å². The van der Waals surface area contributed by atoms with E-state index in [4.69, 9.17) is 0 Å². The largest absolute Gasteiger partial charge is 0.337 e. The molecule has 0 bridgehead atoms. The molecule has 0 aliphatic carbocycles. The zero-order chi connectivity index (χ0) is 26.0. The van der Waals surface area contributed by atoms with Crippen LogP contribution in [0.1, 0.15) is 36.9 Å². The molecular weight excluding hydrogens is 470 g/mol. The topological polar surface area (TPSA) is 41.4 Å². The van der Waals surface area contributed by atoms with Crippen molar-refractivity contribution in [1.82, 2.24) is 19.4 Å². The van der Waals surface area contributed by atoms with Crippen molar-refractivity contribution in [1.29, 1.82) is 0 Å². The monoisotopic (exact) mass is 500 g/mol. The Balaban J connectivity index is 1.37. The number of nitrogens with zero attached hydrogens (tertiary/aromatic N) is 4. The molecule has 3 aromatic carbocycles. The van der Waals surface area contributed by atoms with Gasteiger partial charge in [-0.05, 0) is 48.6 Å². The predicted molar refractivity (Wildman–Crippen MR) is 140 cm³/mol. The van der Waals surface area contributed by atoms with Gasteiger partial charge in [0.25, 0.3) is 0 Å². The summed E-state index contributed by atoms with van der Waals surface area (Å²) in [6.07, 6.45) is 7.08. The fraction of sp³-hybridized carbons (Fsp3) is 0.267. The van der Waals surface area contributed by atoms with E-state index in [2.05, 4.69) is 17.1 Å². The number of rotatable bonds is 7. The van der Waals surface area contributed by atoms with Crippen molar-refractivity contribution in [2.75, 3.05) is 13.6 Å². The van der Waals surface area contributed by atoms with Crippen molar-refractivity contribution in [3.63, 3.8) is 0 Å². The number of imidazole rings is 1. The third-order valence-corrected chi connectivity index (χ3v) is 7.70. The molecular formula is C30H30F2N4O. The highest BCUT2D eigenvalue weighted by atomic mass is 19.1. The molecule has 1 fully saturated rings. The number of halogens is 2. The van der Waals surface area contributed by atoms with Crippen molar-refractivity contribution < 1.29 is 13.6 Å². The molecule has 0 saturated carbocycles. The molecule has 0 radical (unpaired) electrons. The molecule has 7 heteroatoms. The summed E-state index contributed by atoms with van der Waals surface area (Å²) >= 11 is 0. The van der Waals surface area contributed by atoms with Crippen molar-refractivity contribution in [2.45, 2.75) is 37.9 Å². The van der Waals surface area contributed by atoms with Gasteiger partial charge in [0.05, 0.1) is 17.9 Å². The Morgan fingerprint density at radius 3 is 2.46 bits per heavy atom. The van der Waals surface area contributed by atoms with Gasteiger partial charge in [-0.15, -0.1) is 0 Å². The molecule has 2 unspecified atom stereocenters. The van der Waals surface area contributed by atoms with E-state index in [0.29, 0.717) is 17.7 Å². The molecule has 5 nitrogen and oxygen atoms in total. The van der Waals surface area contributed by atoms with Crippen LogP contribution in [-0.4, -0.2) is 39.0 Å². The van der Waals surface area contributed by atoms with Gasteiger partial charge in [-0.1, -0.05) is 54.6 Å². The summed E-state index contributed by atoms with van der Waals surface area (Å²) in [4.78, 5) is 21.7. The number of urea groups is 1. The molecule has 4 aromatic rings. The second-order valence-corrected chi connectivity index (χ2v) is 9.66. The molecule has 2 atom stereocenters. The van der Waals surface area contributed by atoms with Crippen LogP contribution in [0.25, 0.3) is 11.1 Å². The van der Waals surface area contributed by atoms with E-state index in [1.807, 2.05) is 77.0 Å². The molecule has 1 saturated heterocycles. The molecule has 37 heavy (non-hydrogen) atoms. The molecule has 1 aliphatic rings. The van der Waals surface area contributed by atoms with Crippen LogP contribution in [0.2, 0.25) is 0 Å². The molecule has 2 amide bonds. The van der Waals surface area contributed by atoms with Crippen LogP contribution in [0, 0.1) is 11.6 Å². The van der Waals surface area contributed by atoms with Gasteiger partial charge in [0.2, 0.25) is 0 Å². The summed E-state index contributed by atoms with van der Waals surface area (Å²) < 4.78 is 29.6. The highest BCUT2D eigenvalue weighted by molar-refractivity contribution is 5.77. The fourth-order valence-electron chi connectivity index (χ4n) is 5.41. The number of aryl methyl sites for hydroxylation is 1. The summed E-state index contributed by atoms with van der Waals surface area (Å²) in [5, 5.41) is 0. The minimum absolute atomic E-state index is 0.0260. The van der Waals surface area contributed by atoms with E-state index in [9.17, 15) is 13.6 Å². The normalized spacial score (nSPS) is 18.8. The standard InChI is InChI=1S/C30H30F2N4O/c1-22(23-8-10-24(11-9-23)27-13-12-26(31)20-28(27)32)36-18-15-30(34(2)29(36)37,25-6-4-3-5-7-25)14-17-35-19-16-33-21-35/h3-13,16,19-22H,14-15,17-18H2,1-2H3. The highest BCUT2D eigenvalue weighted by Crippen LogP contribution is 2.41. The van der Waals surface area contributed by atoms with Gasteiger partial charge in [-0.25, -0.2) is 18.6 Å². The lowest BCUT2D eigenvalue weighted by molar-refractivity contribution is 0.0335.